The summed E-state index contributed by atoms with van der Waals surface area (Å²) in [5, 5.41) is 4.04. The van der Waals surface area contributed by atoms with Gasteiger partial charge in [0, 0.05) is 36.0 Å². The van der Waals surface area contributed by atoms with E-state index in [4.69, 9.17) is 32.7 Å². The average Bonchev–Trinajstić information content (AvgIpc) is 3.18. The van der Waals surface area contributed by atoms with Crippen LogP contribution < -0.4 is 14.8 Å². The van der Waals surface area contributed by atoms with E-state index in [2.05, 4.69) is 5.32 Å². The molecule has 0 aromatic heterocycles. The van der Waals surface area contributed by atoms with Crippen molar-refractivity contribution in [1.29, 1.82) is 0 Å². The number of nitrogens with one attached hydrogen (secondary N) is 1. The third-order valence-corrected chi connectivity index (χ3v) is 5.11. The van der Waals surface area contributed by atoms with Crippen LogP contribution in [0.25, 0.3) is 0 Å². The van der Waals surface area contributed by atoms with E-state index in [1.165, 1.54) is 6.92 Å². The van der Waals surface area contributed by atoms with E-state index in [1.807, 2.05) is 0 Å². The lowest BCUT2D eigenvalue weighted by molar-refractivity contribution is -0.132. The quantitative estimate of drug-likeness (QED) is 0.670. The first-order chi connectivity index (χ1) is 13.9. The van der Waals surface area contributed by atoms with Gasteiger partial charge in [0.1, 0.15) is 11.5 Å². The fourth-order valence-corrected chi connectivity index (χ4v) is 3.38. The van der Waals surface area contributed by atoms with Gasteiger partial charge in [-0.1, -0.05) is 23.2 Å². The van der Waals surface area contributed by atoms with Gasteiger partial charge in [0.05, 0.1) is 0 Å². The molecular weight excluding hydrogens is 415 g/mol. The van der Waals surface area contributed by atoms with Gasteiger partial charge in [-0.15, -0.1) is 0 Å². The predicted molar refractivity (Wildman–Crippen MR) is 111 cm³/mol. The number of benzene rings is 2. The van der Waals surface area contributed by atoms with E-state index in [0.717, 1.165) is 0 Å². The molecule has 29 heavy (non-hydrogen) atoms. The van der Waals surface area contributed by atoms with Crippen LogP contribution in [0, 0.1) is 5.92 Å². The fourth-order valence-electron chi connectivity index (χ4n) is 3.13. The summed E-state index contributed by atoms with van der Waals surface area (Å²) in [5.74, 6) is 0.842. The molecule has 1 N–H and O–H groups in total. The molecule has 1 fully saturated rings. The molecular formula is C21H22Cl2N2O4. The summed E-state index contributed by atoms with van der Waals surface area (Å²) in [6.07, 6.45) is 0.175. The highest BCUT2D eigenvalue weighted by atomic mass is 35.5. The monoisotopic (exact) mass is 436 g/mol. The first kappa shape index (κ1) is 21.3. The topological polar surface area (TPSA) is 67.9 Å². The standard InChI is InChI=1S/C21H22Cl2N2O4/c1-14(26)24-21(29-19-8-4-17(23)5-9-19)15-10-11-25(12-15)20(27)13-28-18-6-2-16(22)3-7-18/h2-9,15,21H,10-13H2,1H3,(H,24,26)/t15-,21-/m0/s1. The fraction of sp³-hybridized carbons (Fsp3) is 0.333. The maximum absolute atomic E-state index is 12.5. The van der Waals surface area contributed by atoms with Crippen molar-refractivity contribution >= 4 is 35.0 Å². The number of rotatable bonds is 7. The van der Waals surface area contributed by atoms with Crippen LogP contribution in [0.2, 0.25) is 10.0 Å². The Bertz CT molecular complexity index is 843. The Morgan fingerprint density at radius 1 is 1.07 bits per heavy atom. The Morgan fingerprint density at radius 3 is 2.24 bits per heavy atom. The maximum atomic E-state index is 12.5. The zero-order chi connectivity index (χ0) is 20.8. The number of ether oxygens (including phenoxy) is 2. The van der Waals surface area contributed by atoms with Gasteiger partial charge in [-0.3, -0.25) is 9.59 Å². The number of amides is 2. The Balaban J connectivity index is 1.56. The Morgan fingerprint density at radius 2 is 1.66 bits per heavy atom. The van der Waals surface area contributed by atoms with Crippen LogP contribution in [0.5, 0.6) is 11.5 Å². The zero-order valence-electron chi connectivity index (χ0n) is 15.9. The first-order valence-electron chi connectivity index (χ1n) is 9.26. The zero-order valence-corrected chi connectivity index (χ0v) is 17.4. The van der Waals surface area contributed by atoms with Crippen molar-refractivity contribution in [3.05, 3.63) is 58.6 Å². The number of hydrogen-bond donors (Lipinski definition) is 1. The molecule has 2 atom stereocenters. The second kappa shape index (κ2) is 9.85. The van der Waals surface area contributed by atoms with Gasteiger partial charge in [0.25, 0.3) is 5.91 Å². The second-order valence-corrected chi connectivity index (χ2v) is 7.70. The second-order valence-electron chi connectivity index (χ2n) is 6.82. The average molecular weight is 437 g/mol. The largest absolute Gasteiger partial charge is 0.484 e. The molecule has 2 aromatic carbocycles. The number of likely N-dealkylation sites (tertiary alicyclic amines) is 1. The van der Waals surface area contributed by atoms with Crippen LogP contribution in [0.1, 0.15) is 13.3 Å². The number of hydrogen-bond acceptors (Lipinski definition) is 4. The number of halogens is 2. The molecule has 2 aromatic rings. The summed E-state index contributed by atoms with van der Waals surface area (Å²) in [4.78, 5) is 25.9. The predicted octanol–water partition coefficient (Wildman–Crippen LogP) is 3.76. The van der Waals surface area contributed by atoms with Crippen LogP contribution in [-0.4, -0.2) is 42.6 Å². The highest BCUT2D eigenvalue weighted by Gasteiger charge is 2.34. The minimum absolute atomic E-state index is 0.0333. The number of carbonyl (C=O) groups is 2. The number of carbonyl (C=O) groups excluding carboxylic acids is 2. The lowest BCUT2D eigenvalue weighted by atomic mass is 10.1. The molecule has 154 valence electrons. The van der Waals surface area contributed by atoms with E-state index in [-0.39, 0.29) is 24.3 Å². The summed E-state index contributed by atoms with van der Waals surface area (Å²) in [5.41, 5.74) is 0. The Kier molecular flexibility index (Phi) is 7.23. The molecule has 0 radical (unpaired) electrons. The molecule has 1 heterocycles. The Labute approximate surface area is 179 Å². The molecule has 6 nitrogen and oxygen atoms in total. The summed E-state index contributed by atoms with van der Waals surface area (Å²) >= 11 is 11.8. The molecule has 0 bridgehead atoms. The van der Waals surface area contributed by atoms with Crippen molar-refractivity contribution in [2.75, 3.05) is 19.7 Å². The molecule has 0 aliphatic carbocycles. The van der Waals surface area contributed by atoms with Gasteiger partial charge in [-0.05, 0) is 55.0 Å². The summed E-state index contributed by atoms with van der Waals surface area (Å²) in [6, 6.07) is 13.8. The van der Waals surface area contributed by atoms with Gasteiger partial charge in [-0.25, -0.2) is 0 Å². The van der Waals surface area contributed by atoms with Crippen molar-refractivity contribution in [3.8, 4) is 11.5 Å². The van der Waals surface area contributed by atoms with Crippen molar-refractivity contribution < 1.29 is 19.1 Å². The molecule has 1 saturated heterocycles. The van der Waals surface area contributed by atoms with Gasteiger partial charge < -0.3 is 19.7 Å². The molecule has 0 spiro atoms. The smallest absolute Gasteiger partial charge is 0.260 e. The minimum atomic E-state index is -0.538. The van der Waals surface area contributed by atoms with Gasteiger partial charge >= 0.3 is 0 Å². The summed E-state index contributed by atoms with van der Waals surface area (Å²) in [7, 11) is 0. The highest BCUT2D eigenvalue weighted by molar-refractivity contribution is 6.30. The van der Waals surface area contributed by atoms with Gasteiger partial charge in [-0.2, -0.15) is 0 Å². The van der Waals surface area contributed by atoms with Crippen molar-refractivity contribution in [2.45, 2.75) is 19.6 Å². The minimum Gasteiger partial charge on any atom is -0.484 e. The highest BCUT2D eigenvalue weighted by Crippen LogP contribution is 2.24. The molecule has 3 rings (SSSR count). The molecule has 1 aliphatic rings. The van der Waals surface area contributed by atoms with Crippen molar-refractivity contribution in [2.24, 2.45) is 5.92 Å². The van der Waals surface area contributed by atoms with Crippen LogP contribution in [0.15, 0.2) is 48.5 Å². The number of nitrogens with zero attached hydrogens (tertiary/aromatic N) is 1. The van der Waals surface area contributed by atoms with E-state index in [1.54, 1.807) is 53.4 Å². The third-order valence-electron chi connectivity index (χ3n) is 4.60. The molecule has 0 unspecified atom stereocenters. The molecule has 2 amide bonds. The van der Waals surface area contributed by atoms with Crippen molar-refractivity contribution in [3.63, 3.8) is 0 Å². The van der Waals surface area contributed by atoms with E-state index in [0.29, 0.717) is 41.1 Å². The van der Waals surface area contributed by atoms with E-state index in [9.17, 15) is 9.59 Å². The maximum Gasteiger partial charge on any atom is 0.260 e. The normalized spacial score (nSPS) is 16.9. The van der Waals surface area contributed by atoms with E-state index >= 15 is 0 Å². The summed E-state index contributed by atoms with van der Waals surface area (Å²) in [6.45, 7) is 2.43. The van der Waals surface area contributed by atoms with E-state index < -0.39 is 6.23 Å². The molecule has 0 saturated carbocycles. The molecule has 8 heteroatoms. The van der Waals surface area contributed by atoms with Crippen LogP contribution in [0.4, 0.5) is 0 Å². The molecule has 1 aliphatic heterocycles. The van der Waals surface area contributed by atoms with Gasteiger partial charge in [0.2, 0.25) is 5.91 Å². The van der Waals surface area contributed by atoms with Crippen molar-refractivity contribution in [1.82, 2.24) is 10.2 Å². The van der Waals surface area contributed by atoms with Crippen LogP contribution in [0.3, 0.4) is 0 Å². The summed E-state index contributed by atoms with van der Waals surface area (Å²) < 4.78 is 11.5. The van der Waals surface area contributed by atoms with Crippen LogP contribution >= 0.6 is 23.2 Å². The van der Waals surface area contributed by atoms with Crippen LogP contribution in [-0.2, 0) is 9.59 Å². The lowest BCUT2D eigenvalue weighted by Crippen LogP contribution is -2.45. The first-order valence-corrected chi connectivity index (χ1v) is 10.0. The third kappa shape index (κ3) is 6.27. The van der Waals surface area contributed by atoms with Gasteiger partial charge in [0.15, 0.2) is 12.8 Å². The SMILES string of the molecule is CC(=O)N[C@@H](Oc1ccc(Cl)cc1)[C@H]1CCN(C(=O)COc2ccc(Cl)cc2)C1. The lowest BCUT2D eigenvalue weighted by Gasteiger charge is -2.25. The Hall–Kier alpha value is -2.44.